The second-order valence-corrected chi connectivity index (χ2v) is 6.57. The number of rotatable bonds is 6. The quantitative estimate of drug-likeness (QED) is 0.759. The zero-order chi connectivity index (χ0) is 18.5. The monoisotopic (exact) mass is 356 g/mol. The normalized spacial score (nSPS) is 20.5. The number of ether oxygens (including phenoxy) is 1. The highest BCUT2D eigenvalue weighted by atomic mass is 16.5. The van der Waals surface area contributed by atoms with Crippen molar-refractivity contribution in [3.63, 3.8) is 0 Å². The lowest BCUT2D eigenvalue weighted by Crippen LogP contribution is -2.37. The zero-order valence-corrected chi connectivity index (χ0v) is 15.0. The lowest BCUT2D eigenvalue weighted by molar-refractivity contribution is -0.141. The van der Waals surface area contributed by atoms with Crippen LogP contribution in [0.1, 0.15) is 29.5 Å². The standard InChI is InChI=1S/C19H24N4O3/c1-23-12-14(9-21-23)15-10-20-11-16(15)19(25)22-17(8-18(24)26-2)13-6-4-3-5-7-13/h3-7,9,12,15-17,20H,8,10-11H2,1-2H3,(H,22,25)/t15-,16+,17?/m1/s1. The maximum atomic E-state index is 13.0. The lowest BCUT2D eigenvalue weighted by atomic mass is 9.89. The maximum absolute atomic E-state index is 13.0. The molecular formula is C19H24N4O3. The molecule has 0 radical (unpaired) electrons. The molecule has 0 bridgehead atoms. The van der Waals surface area contributed by atoms with Crippen LogP contribution in [0.5, 0.6) is 0 Å². The third-order valence-electron chi connectivity index (χ3n) is 4.82. The first kappa shape index (κ1) is 18.1. The molecule has 2 aromatic rings. The number of aromatic nitrogens is 2. The second-order valence-electron chi connectivity index (χ2n) is 6.57. The van der Waals surface area contributed by atoms with E-state index in [1.165, 1.54) is 7.11 Å². The molecule has 1 aromatic carbocycles. The Labute approximate surface area is 152 Å². The second kappa shape index (κ2) is 8.14. The summed E-state index contributed by atoms with van der Waals surface area (Å²) in [6.07, 6.45) is 3.85. The van der Waals surface area contributed by atoms with Gasteiger partial charge in [0.2, 0.25) is 5.91 Å². The molecule has 3 atom stereocenters. The van der Waals surface area contributed by atoms with Crippen LogP contribution in [0.25, 0.3) is 0 Å². The number of nitrogens with one attached hydrogen (secondary N) is 2. The summed E-state index contributed by atoms with van der Waals surface area (Å²) >= 11 is 0. The number of carbonyl (C=O) groups excluding carboxylic acids is 2. The van der Waals surface area contributed by atoms with Crippen LogP contribution in [-0.2, 0) is 21.4 Å². The van der Waals surface area contributed by atoms with E-state index in [-0.39, 0.29) is 30.1 Å². The summed E-state index contributed by atoms with van der Waals surface area (Å²) in [4.78, 5) is 24.7. The Morgan fingerprint density at radius 3 is 2.77 bits per heavy atom. The fourth-order valence-electron chi connectivity index (χ4n) is 3.40. The number of carbonyl (C=O) groups is 2. The van der Waals surface area contributed by atoms with Gasteiger partial charge in [-0.2, -0.15) is 5.10 Å². The Bertz CT molecular complexity index is 759. The molecule has 0 spiro atoms. The SMILES string of the molecule is COC(=O)CC(NC(=O)[C@H]1CNC[C@@H]1c1cnn(C)c1)c1ccccc1. The molecule has 7 nitrogen and oxygen atoms in total. The molecule has 7 heteroatoms. The molecule has 0 saturated carbocycles. The number of amides is 1. The van der Waals surface area contributed by atoms with Crippen molar-refractivity contribution in [2.75, 3.05) is 20.2 Å². The van der Waals surface area contributed by atoms with E-state index in [1.807, 2.05) is 43.6 Å². The van der Waals surface area contributed by atoms with E-state index in [2.05, 4.69) is 15.7 Å². The molecule has 1 amide bonds. The van der Waals surface area contributed by atoms with Crippen molar-refractivity contribution < 1.29 is 14.3 Å². The molecule has 0 aliphatic carbocycles. The van der Waals surface area contributed by atoms with E-state index in [0.29, 0.717) is 6.54 Å². The average molecular weight is 356 g/mol. The van der Waals surface area contributed by atoms with Crippen LogP contribution in [0.2, 0.25) is 0 Å². The number of esters is 1. The van der Waals surface area contributed by atoms with Gasteiger partial charge in [-0.05, 0) is 11.1 Å². The predicted octanol–water partition coefficient (Wildman–Crippen LogP) is 1.14. The van der Waals surface area contributed by atoms with Crippen molar-refractivity contribution in [2.45, 2.75) is 18.4 Å². The Balaban J connectivity index is 1.75. The Morgan fingerprint density at radius 1 is 1.35 bits per heavy atom. The van der Waals surface area contributed by atoms with Gasteiger partial charge in [0.1, 0.15) is 0 Å². The summed E-state index contributed by atoms with van der Waals surface area (Å²) in [5, 5.41) is 10.5. The van der Waals surface area contributed by atoms with Gasteiger partial charge in [-0.25, -0.2) is 0 Å². The van der Waals surface area contributed by atoms with Crippen LogP contribution in [0, 0.1) is 5.92 Å². The van der Waals surface area contributed by atoms with Crippen LogP contribution >= 0.6 is 0 Å². The van der Waals surface area contributed by atoms with E-state index in [9.17, 15) is 9.59 Å². The van der Waals surface area contributed by atoms with Gasteiger partial charge in [-0.15, -0.1) is 0 Å². The molecule has 26 heavy (non-hydrogen) atoms. The number of methoxy groups -OCH3 is 1. The number of nitrogens with zero attached hydrogens (tertiary/aromatic N) is 2. The Hall–Kier alpha value is -2.67. The van der Waals surface area contributed by atoms with Gasteiger partial charge in [-0.1, -0.05) is 30.3 Å². The van der Waals surface area contributed by atoms with E-state index >= 15 is 0 Å². The molecular weight excluding hydrogens is 332 g/mol. The molecule has 1 saturated heterocycles. The van der Waals surface area contributed by atoms with Crippen LogP contribution in [0.15, 0.2) is 42.7 Å². The molecule has 138 valence electrons. The topological polar surface area (TPSA) is 85.2 Å². The van der Waals surface area contributed by atoms with Crippen molar-refractivity contribution in [1.82, 2.24) is 20.4 Å². The molecule has 2 heterocycles. The van der Waals surface area contributed by atoms with Crippen LogP contribution in [0.3, 0.4) is 0 Å². The molecule has 1 aliphatic rings. The zero-order valence-electron chi connectivity index (χ0n) is 15.0. The molecule has 1 unspecified atom stereocenters. The first-order valence-electron chi connectivity index (χ1n) is 8.70. The third-order valence-corrected chi connectivity index (χ3v) is 4.82. The van der Waals surface area contributed by atoms with E-state index in [1.54, 1.807) is 10.9 Å². The summed E-state index contributed by atoms with van der Waals surface area (Å²) in [6, 6.07) is 9.08. The van der Waals surface area contributed by atoms with Gasteiger partial charge in [0, 0.05) is 32.3 Å². The smallest absolute Gasteiger partial charge is 0.307 e. The number of aryl methyl sites for hydroxylation is 1. The van der Waals surface area contributed by atoms with Gasteiger partial charge in [0.05, 0.1) is 31.7 Å². The fourth-order valence-corrected chi connectivity index (χ4v) is 3.40. The van der Waals surface area contributed by atoms with Crippen molar-refractivity contribution in [3.8, 4) is 0 Å². The van der Waals surface area contributed by atoms with Gasteiger partial charge >= 0.3 is 5.97 Å². The summed E-state index contributed by atoms with van der Waals surface area (Å²) in [6.45, 7) is 1.34. The minimum atomic E-state index is -0.411. The largest absolute Gasteiger partial charge is 0.469 e. The summed E-state index contributed by atoms with van der Waals surface area (Å²) in [7, 11) is 3.22. The number of hydrogen-bond acceptors (Lipinski definition) is 5. The third kappa shape index (κ3) is 4.11. The fraction of sp³-hybridized carbons (Fsp3) is 0.421. The highest BCUT2D eigenvalue weighted by molar-refractivity contribution is 5.82. The van der Waals surface area contributed by atoms with E-state index in [0.717, 1.165) is 17.7 Å². The van der Waals surface area contributed by atoms with Crippen molar-refractivity contribution in [3.05, 3.63) is 53.9 Å². The van der Waals surface area contributed by atoms with Gasteiger partial charge in [0.25, 0.3) is 0 Å². The predicted molar refractivity (Wildman–Crippen MR) is 96.3 cm³/mol. The highest BCUT2D eigenvalue weighted by Crippen LogP contribution is 2.29. The summed E-state index contributed by atoms with van der Waals surface area (Å²) in [5.41, 5.74) is 1.93. The maximum Gasteiger partial charge on any atom is 0.307 e. The first-order valence-corrected chi connectivity index (χ1v) is 8.70. The van der Waals surface area contributed by atoms with Gasteiger partial charge in [0.15, 0.2) is 0 Å². The summed E-state index contributed by atoms with van der Waals surface area (Å²) in [5.74, 6) is -0.560. The highest BCUT2D eigenvalue weighted by Gasteiger charge is 2.35. The van der Waals surface area contributed by atoms with Gasteiger partial charge in [-0.3, -0.25) is 14.3 Å². The number of benzene rings is 1. The molecule has 2 N–H and O–H groups in total. The molecule has 1 fully saturated rings. The first-order chi connectivity index (χ1) is 12.6. The van der Waals surface area contributed by atoms with Crippen molar-refractivity contribution in [2.24, 2.45) is 13.0 Å². The average Bonchev–Trinajstić information content (AvgIpc) is 3.30. The molecule has 3 rings (SSSR count). The van der Waals surface area contributed by atoms with E-state index < -0.39 is 6.04 Å². The Kier molecular flexibility index (Phi) is 5.68. The van der Waals surface area contributed by atoms with Crippen LogP contribution < -0.4 is 10.6 Å². The van der Waals surface area contributed by atoms with Crippen molar-refractivity contribution >= 4 is 11.9 Å². The van der Waals surface area contributed by atoms with Crippen molar-refractivity contribution in [1.29, 1.82) is 0 Å². The molecule has 1 aromatic heterocycles. The van der Waals surface area contributed by atoms with Gasteiger partial charge < -0.3 is 15.4 Å². The molecule has 1 aliphatic heterocycles. The van der Waals surface area contributed by atoms with E-state index in [4.69, 9.17) is 4.74 Å². The minimum Gasteiger partial charge on any atom is -0.469 e. The number of hydrogen-bond donors (Lipinski definition) is 2. The summed E-state index contributed by atoms with van der Waals surface area (Å²) < 4.78 is 6.53. The van der Waals surface area contributed by atoms with Crippen LogP contribution in [-0.4, -0.2) is 41.9 Å². The Morgan fingerprint density at radius 2 is 2.12 bits per heavy atom. The van der Waals surface area contributed by atoms with Crippen LogP contribution in [0.4, 0.5) is 0 Å². The lowest BCUT2D eigenvalue weighted by Gasteiger charge is -2.23. The minimum absolute atomic E-state index is 0.0678.